The molecule has 2 N–H and O–H groups in total. The Bertz CT molecular complexity index is 878. The smallest absolute Gasteiger partial charge is 0.408 e. The Kier molecular flexibility index (Phi) is 8.91. The second-order valence-electron chi connectivity index (χ2n) is 8.26. The average molecular weight is 449 g/mol. The number of amides is 2. The predicted octanol–water partition coefficient (Wildman–Crippen LogP) is 4.97. The minimum atomic E-state index is -0.607. The highest BCUT2D eigenvalue weighted by Crippen LogP contribution is 2.27. The molecule has 0 aliphatic heterocycles. The molecule has 0 unspecified atom stereocenters. The van der Waals surface area contributed by atoms with Gasteiger partial charge >= 0.3 is 6.09 Å². The molecule has 0 aliphatic carbocycles. The quantitative estimate of drug-likeness (QED) is 0.521. The number of hydrogen-bond acceptors (Lipinski definition) is 7. The zero-order chi connectivity index (χ0) is 23.0. The van der Waals surface area contributed by atoms with Gasteiger partial charge in [-0.05, 0) is 44.7 Å². The number of para-hydroxylation sites is 1. The van der Waals surface area contributed by atoms with Crippen LogP contribution in [0.2, 0.25) is 0 Å². The summed E-state index contributed by atoms with van der Waals surface area (Å²) in [5, 5.41) is 14.1. The number of carbonyl (C=O) groups is 2. The maximum atomic E-state index is 12.3. The van der Waals surface area contributed by atoms with E-state index in [1.165, 1.54) is 0 Å². The lowest BCUT2D eigenvalue weighted by Gasteiger charge is -2.24. The van der Waals surface area contributed by atoms with Crippen molar-refractivity contribution in [2.75, 3.05) is 11.1 Å². The first-order chi connectivity index (χ1) is 14.6. The SMILES string of the molecule is CCc1ccccc1NC(=O)CSc1nnc([C@@H](NC(=O)OC(C)(C)C)[C@@H](C)CC)o1. The number of rotatable bonds is 9. The molecular formula is C22H32N4O4S. The Morgan fingerprint density at radius 1 is 1.19 bits per heavy atom. The topological polar surface area (TPSA) is 106 Å². The van der Waals surface area contributed by atoms with Crippen LogP contribution < -0.4 is 10.6 Å². The van der Waals surface area contributed by atoms with Crippen LogP contribution in [0.1, 0.15) is 65.5 Å². The Morgan fingerprint density at radius 3 is 2.55 bits per heavy atom. The number of thioether (sulfide) groups is 1. The molecule has 1 heterocycles. The Labute approximate surface area is 187 Å². The number of carbonyl (C=O) groups excluding carboxylic acids is 2. The van der Waals surface area contributed by atoms with E-state index < -0.39 is 17.7 Å². The molecule has 0 aliphatic rings. The third-order valence-corrected chi connectivity index (χ3v) is 5.39. The van der Waals surface area contributed by atoms with E-state index in [1.807, 2.05) is 45.0 Å². The summed E-state index contributed by atoms with van der Waals surface area (Å²) in [6.45, 7) is 11.4. The molecule has 2 aromatic rings. The molecule has 0 bridgehead atoms. The van der Waals surface area contributed by atoms with Crippen LogP contribution in [0.25, 0.3) is 0 Å². The van der Waals surface area contributed by atoms with Gasteiger partial charge < -0.3 is 19.8 Å². The molecule has 170 valence electrons. The van der Waals surface area contributed by atoms with Gasteiger partial charge in [-0.15, -0.1) is 10.2 Å². The largest absolute Gasteiger partial charge is 0.444 e. The zero-order valence-electron chi connectivity index (χ0n) is 19.0. The standard InChI is InChI=1S/C22H32N4O4S/c1-7-14(3)18(24-20(28)30-22(4,5)6)19-25-26-21(29-19)31-13-17(27)23-16-12-10-9-11-15(16)8-2/h9-12,14,18H,7-8,13H2,1-6H3,(H,23,27)(H,24,28)/t14-,18-/m0/s1. The van der Waals surface area contributed by atoms with E-state index in [4.69, 9.17) is 9.15 Å². The summed E-state index contributed by atoms with van der Waals surface area (Å²) in [5.41, 5.74) is 1.27. The van der Waals surface area contributed by atoms with Crippen molar-refractivity contribution in [2.24, 2.45) is 5.92 Å². The van der Waals surface area contributed by atoms with Gasteiger partial charge in [-0.25, -0.2) is 4.79 Å². The fraction of sp³-hybridized carbons (Fsp3) is 0.545. The van der Waals surface area contributed by atoms with Crippen molar-refractivity contribution in [2.45, 2.75) is 71.2 Å². The molecule has 2 amide bonds. The molecule has 0 saturated heterocycles. The molecule has 0 saturated carbocycles. The summed E-state index contributed by atoms with van der Waals surface area (Å²) >= 11 is 1.15. The molecule has 0 radical (unpaired) electrons. The molecular weight excluding hydrogens is 416 g/mol. The van der Waals surface area contributed by atoms with Gasteiger partial charge in [0.2, 0.25) is 11.8 Å². The number of benzene rings is 1. The minimum absolute atomic E-state index is 0.0552. The molecule has 0 spiro atoms. The average Bonchev–Trinajstić information content (AvgIpc) is 3.17. The second-order valence-corrected chi connectivity index (χ2v) is 9.19. The van der Waals surface area contributed by atoms with Crippen molar-refractivity contribution in [1.82, 2.24) is 15.5 Å². The lowest BCUT2D eigenvalue weighted by Crippen LogP contribution is -2.37. The number of nitrogens with zero attached hydrogens (tertiary/aromatic N) is 2. The molecule has 1 aromatic heterocycles. The number of aromatic nitrogens is 2. The van der Waals surface area contributed by atoms with Gasteiger partial charge in [0.05, 0.1) is 5.75 Å². The molecule has 0 fully saturated rings. The third-order valence-electron chi connectivity index (χ3n) is 4.57. The first kappa shape index (κ1) is 24.7. The summed E-state index contributed by atoms with van der Waals surface area (Å²) in [6.07, 6.45) is 1.09. The van der Waals surface area contributed by atoms with Gasteiger partial charge in [0, 0.05) is 5.69 Å². The van der Waals surface area contributed by atoms with Crippen LogP contribution in [-0.2, 0) is 16.0 Å². The summed E-state index contributed by atoms with van der Waals surface area (Å²) in [7, 11) is 0. The van der Waals surface area contributed by atoms with E-state index in [1.54, 1.807) is 20.8 Å². The summed E-state index contributed by atoms with van der Waals surface area (Å²) in [5.74, 6) is 0.322. The van der Waals surface area contributed by atoms with Crippen LogP contribution >= 0.6 is 11.8 Å². The first-order valence-corrected chi connectivity index (χ1v) is 11.4. The van der Waals surface area contributed by atoms with Gasteiger partial charge in [0.15, 0.2) is 0 Å². The van der Waals surface area contributed by atoms with Gasteiger partial charge in [0.25, 0.3) is 5.22 Å². The van der Waals surface area contributed by atoms with Crippen LogP contribution in [-0.4, -0.2) is 33.6 Å². The highest BCUT2D eigenvalue weighted by Gasteiger charge is 2.28. The first-order valence-electron chi connectivity index (χ1n) is 10.5. The number of hydrogen-bond donors (Lipinski definition) is 2. The Balaban J connectivity index is 1.99. The van der Waals surface area contributed by atoms with Crippen LogP contribution in [0.3, 0.4) is 0 Å². The van der Waals surface area contributed by atoms with Gasteiger partial charge in [-0.1, -0.05) is 57.2 Å². The van der Waals surface area contributed by atoms with E-state index >= 15 is 0 Å². The van der Waals surface area contributed by atoms with Crippen LogP contribution in [0.5, 0.6) is 0 Å². The van der Waals surface area contributed by atoms with Gasteiger partial charge in [-0.2, -0.15) is 0 Å². The highest BCUT2D eigenvalue weighted by molar-refractivity contribution is 7.99. The van der Waals surface area contributed by atoms with Gasteiger partial charge in [0.1, 0.15) is 11.6 Å². The lowest BCUT2D eigenvalue weighted by molar-refractivity contribution is -0.113. The Morgan fingerprint density at radius 2 is 1.90 bits per heavy atom. The van der Waals surface area contributed by atoms with Crippen molar-refractivity contribution in [3.05, 3.63) is 35.7 Å². The van der Waals surface area contributed by atoms with Crippen molar-refractivity contribution >= 4 is 29.4 Å². The minimum Gasteiger partial charge on any atom is -0.444 e. The predicted molar refractivity (Wildman–Crippen MR) is 121 cm³/mol. The van der Waals surface area contributed by atoms with E-state index in [-0.39, 0.29) is 22.8 Å². The van der Waals surface area contributed by atoms with Crippen LogP contribution in [0, 0.1) is 5.92 Å². The van der Waals surface area contributed by atoms with Gasteiger partial charge in [-0.3, -0.25) is 4.79 Å². The van der Waals surface area contributed by atoms with Crippen molar-refractivity contribution < 1.29 is 18.7 Å². The molecule has 1 aromatic carbocycles. The summed E-state index contributed by atoms with van der Waals surface area (Å²) in [4.78, 5) is 24.6. The fourth-order valence-corrected chi connectivity index (χ4v) is 3.36. The van der Waals surface area contributed by atoms with E-state index in [0.717, 1.165) is 35.9 Å². The Hall–Kier alpha value is -2.55. The van der Waals surface area contributed by atoms with Crippen LogP contribution in [0.15, 0.2) is 33.9 Å². The van der Waals surface area contributed by atoms with Crippen molar-refractivity contribution in [3.63, 3.8) is 0 Å². The zero-order valence-corrected chi connectivity index (χ0v) is 19.8. The third kappa shape index (κ3) is 7.90. The lowest BCUT2D eigenvalue weighted by atomic mass is 9.99. The van der Waals surface area contributed by atoms with E-state index in [2.05, 4.69) is 20.8 Å². The second kappa shape index (κ2) is 11.2. The molecule has 9 heteroatoms. The maximum Gasteiger partial charge on any atom is 0.408 e. The normalized spacial score (nSPS) is 13.4. The van der Waals surface area contributed by atoms with Crippen molar-refractivity contribution in [3.8, 4) is 0 Å². The maximum absolute atomic E-state index is 12.3. The van der Waals surface area contributed by atoms with E-state index in [0.29, 0.717) is 5.89 Å². The number of aryl methyl sites for hydroxylation is 1. The number of ether oxygens (including phenoxy) is 1. The molecule has 31 heavy (non-hydrogen) atoms. The molecule has 2 atom stereocenters. The summed E-state index contributed by atoms with van der Waals surface area (Å²) in [6, 6.07) is 7.22. The monoisotopic (exact) mass is 448 g/mol. The molecule has 8 nitrogen and oxygen atoms in total. The van der Waals surface area contributed by atoms with Crippen molar-refractivity contribution in [1.29, 1.82) is 0 Å². The fourth-order valence-electron chi connectivity index (χ4n) is 2.79. The van der Waals surface area contributed by atoms with E-state index in [9.17, 15) is 9.59 Å². The summed E-state index contributed by atoms with van der Waals surface area (Å²) < 4.78 is 11.1. The molecule has 2 rings (SSSR count). The highest BCUT2D eigenvalue weighted by atomic mass is 32.2. The van der Waals surface area contributed by atoms with Crippen LogP contribution in [0.4, 0.5) is 10.5 Å². The number of anilines is 1. The number of nitrogens with one attached hydrogen (secondary N) is 2. The number of alkyl carbamates (subject to hydrolysis) is 1.